The number of ether oxygens (including phenoxy) is 1. The Labute approximate surface area is 124 Å². The van der Waals surface area contributed by atoms with E-state index in [4.69, 9.17) is 4.74 Å². The Morgan fingerprint density at radius 2 is 1.85 bits per heavy atom. The maximum absolute atomic E-state index is 13.5. The monoisotopic (exact) mass is 338 g/mol. The van der Waals surface area contributed by atoms with Gasteiger partial charge in [-0.3, -0.25) is 0 Å². The van der Waals surface area contributed by atoms with Gasteiger partial charge in [-0.2, -0.15) is 0 Å². The number of hydrogen-bond donors (Lipinski definition) is 2. The highest BCUT2D eigenvalue weighted by Gasteiger charge is 2.07. The number of rotatable bonds is 3. The molecule has 20 heavy (non-hydrogen) atoms. The summed E-state index contributed by atoms with van der Waals surface area (Å²) in [6, 6.07) is 10.9. The highest BCUT2D eigenvalue weighted by atomic mass is 79.9. The van der Waals surface area contributed by atoms with Crippen molar-refractivity contribution in [3.63, 3.8) is 0 Å². The largest absolute Gasteiger partial charge is 0.494 e. The molecule has 0 radical (unpaired) electrons. The van der Waals surface area contributed by atoms with Crippen LogP contribution in [0, 0.1) is 5.82 Å². The Bertz CT molecular complexity index is 634. The summed E-state index contributed by atoms with van der Waals surface area (Å²) in [5.41, 5.74) is 0.974. The summed E-state index contributed by atoms with van der Waals surface area (Å²) in [5, 5.41) is 5.19. The second-order valence-electron chi connectivity index (χ2n) is 3.94. The lowest BCUT2D eigenvalue weighted by atomic mass is 10.3. The molecule has 0 bridgehead atoms. The Hall–Kier alpha value is -2.08. The van der Waals surface area contributed by atoms with Crippen molar-refractivity contribution in [1.82, 2.24) is 0 Å². The first-order valence-electron chi connectivity index (χ1n) is 5.75. The molecule has 0 unspecified atom stereocenters. The summed E-state index contributed by atoms with van der Waals surface area (Å²) in [5.74, 6) is -0.407. The molecule has 0 aromatic heterocycles. The molecule has 0 atom stereocenters. The summed E-state index contributed by atoms with van der Waals surface area (Å²) >= 11 is 3.31. The van der Waals surface area contributed by atoms with Gasteiger partial charge in [0.15, 0.2) is 11.6 Å². The number of nitrogens with one attached hydrogen (secondary N) is 2. The van der Waals surface area contributed by atoms with E-state index in [9.17, 15) is 9.18 Å². The standard InChI is InChI=1S/C14H12BrFN2O2/c1-20-13-6-5-11(8-12(13)16)18-14(19)17-10-4-2-3-9(15)7-10/h2-8H,1H3,(H2,17,18,19). The van der Waals surface area contributed by atoms with Crippen LogP contribution in [0.3, 0.4) is 0 Å². The third kappa shape index (κ3) is 3.71. The molecule has 2 N–H and O–H groups in total. The number of anilines is 2. The molecule has 0 aliphatic rings. The van der Waals surface area contributed by atoms with Crippen molar-refractivity contribution in [2.75, 3.05) is 17.7 Å². The molecule has 0 saturated heterocycles. The number of benzene rings is 2. The number of halogens is 2. The molecular weight excluding hydrogens is 327 g/mol. The highest BCUT2D eigenvalue weighted by Crippen LogP contribution is 2.21. The quantitative estimate of drug-likeness (QED) is 0.879. The van der Waals surface area contributed by atoms with Crippen LogP contribution in [-0.2, 0) is 0 Å². The Kier molecular flexibility index (Phi) is 4.57. The summed E-state index contributed by atoms with van der Waals surface area (Å²) < 4.78 is 19.1. The molecule has 4 nitrogen and oxygen atoms in total. The van der Waals surface area contributed by atoms with E-state index in [0.717, 1.165) is 4.47 Å². The molecule has 2 aromatic carbocycles. The summed E-state index contributed by atoms with van der Waals surface area (Å²) in [4.78, 5) is 11.8. The zero-order chi connectivity index (χ0) is 14.5. The van der Waals surface area contributed by atoms with Crippen LogP contribution in [-0.4, -0.2) is 13.1 Å². The molecule has 6 heteroatoms. The Morgan fingerprint density at radius 1 is 1.15 bits per heavy atom. The first-order valence-corrected chi connectivity index (χ1v) is 6.55. The lowest BCUT2D eigenvalue weighted by Crippen LogP contribution is -2.19. The fourth-order valence-corrected chi connectivity index (χ4v) is 2.00. The predicted molar refractivity (Wildman–Crippen MR) is 79.7 cm³/mol. The van der Waals surface area contributed by atoms with Crippen molar-refractivity contribution in [3.05, 3.63) is 52.8 Å². The van der Waals surface area contributed by atoms with Crippen LogP contribution in [0.25, 0.3) is 0 Å². The first kappa shape index (κ1) is 14.3. The minimum absolute atomic E-state index is 0.128. The SMILES string of the molecule is COc1ccc(NC(=O)Nc2cccc(Br)c2)cc1F. The minimum Gasteiger partial charge on any atom is -0.494 e. The van der Waals surface area contributed by atoms with E-state index in [2.05, 4.69) is 26.6 Å². The van der Waals surface area contributed by atoms with Gasteiger partial charge in [0.1, 0.15) is 0 Å². The van der Waals surface area contributed by atoms with E-state index < -0.39 is 11.8 Å². The van der Waals surface area contributed by atoms with Gasteiger partial charge < -0.3 is 15.4 Å². The van der Waals surface area contributed by atoms with Crippen LogP contribution in [0.15, 0.2) is 46.9 Å². The van der Waals surface area contributed by atoms with E-state index >= 15 is 0 Å². The van der Waals surface area contributed by atoms with E-state index in [0.29, 0.717) is 11.4 Å². The highest BCUT2D eigenvalue weighted by molar-refractivity contribution is 9.10. The molecule has 0 saturated carbocycles. The Morgan fingerprint density at radius 3 is 2.45 bits per heavy atom. The third-order valence-corrected chi connectivity index (χ3v) is 2.99. The van der Waals surface area contributed by atoms with Crippen molar-refractivity contribution >= 4 is 33.3 Å². The van der Waals surface area contributed by atoms with Crippen molar-refractivity contribution < 1.29 is 13.9 Å². The molecule has 0 spiro atoms. The van der Waals surface area contributed by atoms with Crippen molar-refractivity contribution in [2.24, 2.45) is 0 Å². The van der Waals surface area contributed by atoms with Crippen LogP contribution in [0.5, 0.6) is 5.75 Å². The molecule has 0 aliphatic carbocycles. The molecule has 0 aliphatic heterocycles. The van der Waals surface area contributed by atoms with Gasteiger partial charge in [-0.1, -0.05) is 22.0 Å². The van der Waals surface area contributed by atoms with E-state index in [1.807, 2.05) is 6.07 Å². The molecule has 2 aromatic rings. The van der Waals surface area contributed by atoms with Gasteiger partial charge in [0.05, 0.1) is 7.11 Å². The zero-order valence-corrected chi connectivity index (χ0v) is 12.2. The first-order chi connectivity index (χ1) is 9.58. The molecule has 0 fully saturated rings. The van der Waals surface area contributed by atoms with Gasteiger partial charge in [-0.05, 0) is 30.3 Å². The van der Waals surface area contributed by atoms with Gasteiger partial charge in [0, 0.05) is 21.9 Å². The fraction of sp³-hybridized carbons (Fsp3) is 0.0714. The maximum Gasteiger partial charge on any atom is 0.323 e. The number of carbonyl (C=O) groups is 1. The maximum atomic E-state index is 13.5. The summed E-state index contributed by atoms with van der Waals surface area (Å²) in [7, 11) is 1.38. The predicted octanol–water partition coefficient (Wildman–Crippen LogP) is 4.24. The normalized spacial score (nSPS) is 9.95. The summed E-state index contributed by atoms with van der Waals surface area (Å²) in [6.07, 6.45) is 0. The van der Waals surface area contributed by atoms with Gasteiger partial charge >= 0.3 is 6.03 Å². The lowest BCUT2D eigenvalue weighted by Gasteiger charge is -2.09. The van der Waals surface area contributed by atoms with E-state index in [-0.39, 0.29) is 5.75 Å². The van der Waals surface area contributed by atoms with Crippen LogP contribution in [0.4, 0.5) is 20.6 Å². The molecule has 0 heterocycles. The van der Waals surface area contributed by atoms with Gasteiger partial charge in [0.25, 0.3) is 0 Å². The van der Waals surface area contributed by atoms with Crippen LogP contribution < -0.4 is 15.4 Å². The van der Waals surface area contributed by atoms with Gasteiger partial charge in [0.2, 0.25) is 0 Å². The van der Waals surface area contributed by atoms with Gasteiger partial charge in [-0.25, -0.2) is 9.18 Å². The average Bonchev–Trinajstić information content (AvgIpc) is 2.38. The van der Waals surface area contributed by atoms with Crippen molar-refractivity contribution in [1.29, 1.82) is 0 Å². The average molecular weight is 339 g/mol. The van der Waals surface area contributed by atoms with Crippen molar-refractivity contribution in [3.8, 4) is 5.75 Å². The third-order valence-electron chi connectivity index (χ3n) is 2.49. The minimum atomic E-state index is -0.534. The van der Waals surface area contributed by atoms with Crippen LogP contribution >= 0.6 is 15.9 Å². The van der Waals surface area contributed by atoms with Crippen LogP contribution in [0.2, 0.25) is 0 Å². The summed E-state index contributed by atoms with van der Waals surface area (Å²) in [6.45, 7) is 0. The van der Waals surface area contributed by atoms with E-state index in [1.54, 1.807) is 24.3 Å². The second kappa shape index (κ2) is 6.38. The molecule has 2 rings (SSSR count). The van der Waals surface area contributed by atoms with Crippen LogP contribution in [0.1, 0.15) is 0 Å². The number of amides is 2. The Balaban J connectivity index is 2.03. The fourth-order valence-electron chi connectivity index (χ4n) is 1.60. The van der Waals surface area contributed by atoms with Gasteiger partial charge in [-0.15, -0.1) is 0 Å². The number of hydrogen-bond acceptors (Lipinski definition) is 2. The topological polar surface area (TPSA) is 50.4 Å². The smallest absolute Gasteiger partial charge is 0.323 e. The molecular formula is C14H12BrFN2O2. The van der Waals surface area contributed by atoms with Crippen molar-refractivity contribution in [2.45, 2.75) is 0 Å². The lowest BCUT2D eigenvalue weighted by molar-refractivity contribution is 0.262. The zero-order valence-electron chi connectivity index (χ0n) is 10.6. The number of carbonyl (C=O) groups excluding carboxylic acids is 1. The number of methoxy groups -OCH3 is 1. The molecule has 104 valence electrons. The number of urea groups is 1. The second-order valence-corrected chi connectivity index (χ2v) is 4.85. The molecule has 2 amide bonds. The van der Waals surface area contributed by atoms with E-state index in [1.165, 1.54) is 19.2 Å².